The van der Waals surface area contributed by atoms with E-state index < -0.39 is 5.82 Å². The first kappa shape index (κ1) is 10.5. The Morgan fingerprint density at radius 1 is 1.57 bits per heavy atom. The molecule has 14 heavy (non-hydrogen) atoms. The Balaban J connectivity index is 3.06. The molecule has 0 aliphatic carbocycles. The summed E-state index contributed by atoms with van der Waals surface area (Å²) in [4.78, 5) is 0. The number of ether oxygens (including phenoxy) is 1. The van der Waals surface area contributed by atoms with Crippen LogP contribution in [0.4, 0.5) is 4.39 Å². The zero-order valence-electron chi connectivity index (χ0n) is 8.12. The van der Waals surface area contributed by atoms with Gasteiger partial charge in [0, 0.05) is 5.56 Å². The topological polar surface area (TPSA) is 41.8 Å². The van der Waals surface area contributed by atoms with Gasteiger partial charge in [-0.15, -0.1) is 0 Å². The fourth-order valence-electron chi connectivity index (χ4n) is 1.05. The molecule has 0 heterocycles. The molecule has 0 radical (unpaired) electrons. The summed E-state index contributed by atoms with van der Waals surface area (Å²) >= 11 is 0. The fraction of sp³-hybridized carbons (Fsp3) is 0.300. The summed E-state index contributed by atoms with van der Waals surface area (Å²) in [6.45, 7) is 3.80. The molecule has 0 spiro atoms. The van der Waals surface area contributed by atoms with Crippen LogP contribution >= 0.6 is 0 Å². The lowest BCUT2D eigenvalue weighted by Crippen LogP contribution is -1.99. The minimum Gasteiger partial charge on any atom is -0.491 e. The zero-order chi connectivity index (χ0) is 10.6. The van der Waals surface area contributed by atoms with Crippen molar-refractivity contribution in [1.82, 2.24) is 0 Å². The number of nitrogens with zero attached hydrogens (tertiary/aromatic N) is 1. The van der Waals surface area contributed by atoms with E-state index in [1.807, 2.05) is 0 Å². The molecule has 0 fully saturated rings. The van der Waals surface area contributed by atoms with Crippen LogP contribution < -0.4 is 4.74 Å². The van der Waals surface area contributed by atoms with Crippen molar-refractivity contribution in [3.8, 4) is 5.75 Å². The van der Waals surface area contributed by atoms with Crippen molar-refractivity contribution >= 4 is 5.71 Å². The van der Waals surface area contributed by atoms with Crippen molar-refractivity contribution in [2.45, 2.75) is 13.8 Å². The summed E-state index contributed by atoms with van der Waals surface area (Å²) in [5, 5.41) is 11.6. The first-order chi connectivity index (χ1) is 6.69. The second-order valence-electron chi connectivity index (χ2n) is 2.76. The fourth-order valence-corrected chi connectivity index (χ4v) is 1.05. The number of rotatable bonds is 3. The summed E-state index contributed by atoms with van der Waals surface area (Å²) in [5.41, 5.74) is 1.06. The van der Waals surface area contributed by atoms with Gasteiger partial charge in [-0.1, -0.05) is 5.16 Å². The lowest BCUT2D eigenvalue weighted by Gasteiger charge is -2.06. The molecule has 4 heteroatoms. The predicted molar refractivity (Wildman–Crippen MR) is 51.6 cm³/mol. The van der Waals surface area contributed by atoms with Gasteiger partial charge in [-0.3, -0.25) is 0 Å². The molecule has 0 saturated carbocycles. The molecule has 1 N–H and O–H groups in total. The molecule has 76 valence electrons. The van der Waals surface area contributed by atoms with Crippen LogP contribution in [0.15, 0.2) is 23.4 Å². The van der Waals surface area contributed by atoms with Crippen LogP contribution in [-0.2, 0) is 0 Å². The van der Waals surface area contributed by atoms with Gasteiger partial charge in [0.15, 0.2) is 11.6 Å². The van der Waals surface area contributed by atoms with Gasteiger partial charge in [-0.05, 0) is 32.0 Å². The van der Waals surface area contributed by atoms with E-state index in [-0.39, 0.29) is 5.75 Å². The first-order valence-corrected chi connectivity index (χ1v) is 4.30. The molecule has 0 saturated heterocycles. The number of hydrogen-bond donors (Lipinski definition) is 1. The van der Waals surface area contributed by atoms with Crippen LogP contribution in [0.1, 0.15) is 19.4 Å². The number of halogens is 1. The van der Waals surface area contributed by atoms with Crippen LogP contribution in [0.25, 0.3) is 0 Å². The SMILES string of the molecule is CCOc1cc(C(C)=NO)ccc1F. The van der Waals surface area contributed by atoms with E-state index in [0.29, 0.717) is 17.9 Å². The molecule has 0 bridgehead atoms. The number of oxime groups is 1. The maximum Gasteiger partial charge on any atom is 0.165 e. The highest BCUT2D eigenvalue weighted by atomic mass is 19.1. The van der Waals surface area contributed by atoms with Gasteiger partial charge in [0.25, 0.3) is 0 Å². The first-order valence-electron chi connectivity index (χ1n) is 4.30. The van der Waals surface area contributed by atoms with Gasteiger partial charge < -0.3 is 9.94 Å². The van der Waals surface area contributed by atoms with Crippen LogP contribution in [0.5, 0.6) is 5.75 Å². The number of hydrogen-bond acceptors (Lipinski definition) is 3. The van der Waals surface area contributed by atoms with Gasteiger partial charge in [0.05, 0.1) is 12.3 Å². The molecular weight excluding hydrogens is 185 g/mol. The van der Waals surface area contributed by atoms with E-state index in [9.17, 15) is 4.39 Å². The second kappa shape index (κ2) is 4.60. The Kier molecular flexibility index (Phi) is 3.45. The van der Waals surface area contributed by atoms with Gasteiger partial charge in [-0.2, -0.15) is 0 Å². The minimum absolute atomic E-state index is 0.174. The monoisotopic (exact) mass is 197 g/mol. The van der Waals surface area contributed by atoms with Gasteiger partial charge in [0.2, 0.25) is 0 Å². The molecule has 3 nitrogen and oxygen atoms in total. The summed E-state index contributed by atoms with van der Waals surface area (Å²) < 4.78 is 18.2. The lowest BCUT2D eigenvalue weighted by atomic mass is 10.1. The summed E-state index contributed by atoms with van der Waals surface area (Å²) in [6.07, 6.45) is 0. The Labute approximate surface area is 81.8 Å². The molecule has 1 aromatic rings. The van der Waals surface area contributed by atoms with Crippen molar-refractivity contribution in [3.05, 3.63) is 29.6 Å². The number of benzene rings is 1. The van der Waals surface area contributed by atoms with Crippen LogP contribution in [0, 0.1) is 5.82 Å². The Hall–Kier alpha value is -1.58. The van der Waals surface area contributed by atoms with E-state index in [2.05, 4.69) is 5.16 Å². The molecule has 1 rings (SSSR count). The largest absolute Gasteiger partial charge is 0.491 e. The molecular formula is C10H12FNO2. The van der Waals surface area contributed by atoms with Gasteiger partial charge in [0.1, 0.15) is 0 Å². The molecule has 0 aromatic heterocycles. The summed E-state index contributed by atoms with van der Waals surface area (Å²) in [7, 11) is 0. The Morgan fingerprint density at radius 2 is 2.29 bits per heavy atom. The van der Waals surface area contributed by atoms with Gasteiger partial charge >= 0.3 is 0 Å². The smallest absolute Gasteiger partial charge is 0.165 e. The molecule has 1 aromatic carbocycles. The highest BCUT2D eigenvalue weighted by molar-refractivity contribution is 5.98. The highest BCUT2D eigenvalue weighted by Gasteiger charge is 2.05. The lowest BCUT2D eigenvalue weighted by molar-refractivity contribution is 0.318. The quantitative estimate of drug-likeness (QED) is 0.459. The Bertz CT molecular complexity index is 350. The normalized spacial score (nSPS) is 11.5. The molecule has 0 aliphatic rings. The molecule has 0 amide bonds. The van der Waals surface area contributed by atoms with Gasteiger partial charge in [-0.25, -0.2) is 4.39 Å². The second-order valence-corrected chi connectivity index (χ2v) is 2.76. The third kappa shape index (κ3) is 2.22. The van der Waals surface area contributed by atoms with Crippen molar-refractivity contribution in [1.29, 1.82) is 0 Å². The van der Waals surface area contributed by atoms with E-state index in [1.54, 1.807) is 13.8 Å². The van der Waals surface area contributed by atoms with E-state index in [4.69, 9.17) is 9.94 Å². The average Bonchev–Trinajstić information content (AvgIpc) is 2.20. The molecule has 0 unspecified atom stereocenters. The van der Waals surface area contributed by atoms with Crippen LogP contribution in [0.2, 0.25) is 0 Å². The molecule has 0 atom stereocenters. The zero-order valence-corrected chi connectivity index (χ0v) is 8.12. The van der Waals surface area contributed by atoms with E-state index in [1.165, 1.54) is 18.2 Å². The molecule has 0 aliphatic heterocycles. The third-order valence-corrected chi connectivity index (χ3v) is 1.80. The maximum atomic E-state index is 13.1. The summed E-state index contributed by atoms with van der Waals surface area (Å²) in [6, 6.07) is 4.33. The van der Waals surface area contributed by atoms with E-state index >= 15 is 0 Å². The summed E-state index contributed by atoms with van der Waals surface area (Å²) in [5.74, 6) is -0.241. The standard InChI is InChI=1S/C10H12FNO2/c1-3-14-10-6-8(7(2)12-13)4-5-9(10)11/h4-6,13H,3H2,1-2H3. The van der Waals surface area contributed by atoms with E-state index in [0.717, 1.165) is 0 Å². The minimum atomic E-state index is -0.415. The predicted octanol–water partition coefficient (Wildman–Crippen LogP) is 2.42. The van der Waals surface area contributed by atoms with Crippen molar-refractivity contribution in [3.63, 3.8) is 0 Å². The van der Waals surface area contributed by atoms with Crippen molar-refractivity contribution in [2.75, 3.05) is 6.61 Å². The van der Waals surface area contributed by atoms with Crippen LogP contribution in [0.3, 0.4) is 0 Å². The van der Waals surface area contributed by atoms with Crippen molar-refractivity contribution in [2.24, 2.45) is 5.16 Å². The highest BCUT2D eigenvalue weighted by Crippen LogP contribution is 2.19. The van der Waals surface area contributed by atoms with Crippen LogP contribution in [-0.4, -0.2) is 17.5 Å². The van der Waals surface area contributed by atoms with Crippen molar-refractivity contribution < 1.29 is 14.3 Å². The maximum absolute atomic E-state index is 13.1. The third-order valence-electron chi connectivity index (χ3n) is 1.80. The Morgan fingerprint density at radius 3 is 2.86 bits per heavy atom. The average molecular weight is 197 g/mol.